The molecule has 5 aromatic rings. The van der Waals surface area contributed by atoms with Gasteiger partial charge >= 0.3 is 0 Å². The lowest BCUT2D eigenvalue weighted by Gasteiger charge is -2.11. The highest BCUT2D eigenvalue weighted by Crippen LogP contribution is 2.39. The minimum absolute atomic E-state index is 0.508. The average molecular weight is 350 g/mol. The van der Waals surface area contributed by atoms with E-state index in [0.717, 1.165) is 46.2 Å². The van der Waals surface area contributed by atoms with E-state index in [1.807, 2.05) is 48.7 Å². The minimum Gasteiger partial charge on any atom is -0.291 e. The molecule has 1 fully saturated rings. The van der Waals surface area contributed by atoms with Crippen LogP contribution < -0.4 is 0 Å². The van der Waals surface area contributed by atoms with Crippen LogP contribution in [-0.2, 0) is 0 Å². The van der Waals surface area contributed by atoms with Crippen molar-refractivity contribution in [1.29, 1.82) is 5.26 Å². The monoisotopic (exact) mass is 350 g/mol. The van der Waals surface area contributed by atoms with Crippen LogP contribution in [0.1, 0.15) is 30.0 Å². The number of fused-ring (bicyclic) bond motifs is 5. The van der Waals surface area contributed by atoms with E-state index in [1.165, 1.54) is 0 Å². The minimum atomic E-state index is 0.508. The van der Waals surface area contributed by atoms with E-state index in [4.69, 9.17) is 4.98 Å². The Labute approximate surface area is 154 Å². The van der Waals surface area contributed by atoms with E-state index in [1.54, 1.807) is 4.68 Å². The summed E-state index contributed by atoms with van der Waals surface area (Å²) in [6, 6.07) is 18.4. The van der Waals surface area contributed by atoms with Gasteiger partial charge < -0.3 is 0 Å². The molecule has 27 heavy (non-hydrogen) atoms. The van der Waals surface area contributed by atoms with Crippen LogP contribution in [0.15, 0.2) is 54.7 Å². The van der Waals surface area contributed by atoms with E-state index in [2.05, 4.69) is 26.8 Å². The maximum Gasteiger partial charge on any atom is 0.158 e. The smallest absolute Gasteiger partial charge is 0.158 e. The number of hydrogen-bond acceptors (Lipinski definition) is 4. The first-order chi connectivity index (χ1) is 13.3. The van der Waals surface area contributed by atoms with E-state index in [0.29, 0.717) is 17.1 Å². The first-order valence-corrected chi connectivity index (χ1v) is 9.00. The molecule has 2 aromatic carbocycles. The van der Waals surface area contributed by atoms with Crippen molar-refractivity contribution < 1.29 is 0 Å². The van der Waals surface area contributed by atoms with Gasteiger partial charge in [-0.3, -0.25) is 4.40 Å². The van der Waals surface area contributed by atoms with Crippen LogP contribution in [0.4, 0.5) is 0 Å². The van der Waals surface area contributed by atoms with Crippen LogP contribution in [0.3, 0.4) is 0 Å². The van der Waals surface area contributed by atoms with Crippen molar-refractivity contribution in [3.63, 3.8) is 0 Å². The zero-order valence-electron chi connectivity index (χ0n) is 14.4. The standard InChI is InChI=1S/C21H14N6/c22-11-15-20(26-12-17(24-25-26)13-9-10-13)14-5-1-3-7-18(14)27-19-8-4-2-6-16(19)23-21(15)27/h1-8,12-13H,9-10H2. The number of imidazole rings is 1. The van der Waals surface area contributed by atoms with Gasteiger partial charge in [0.25, 0.3) is 0 Å². The molecule has 6 rings (SSSR count). The Morgan fingerprint density at radius 2 is 1.78 bits per heavy atom. The Balaban J connectivity index is 1.81. The zero-order chi connectivity index (χ0) is 18.0. The third-order valence-corrected chi connectivity index (χ3v) is 5.27. The lowest BCUT2D eigenvalue weighted by Crippen LogP contribution is -2.04. The summed E-state index contributed by atoms with van der Waals surface area (Å²) in [5, 5.41) is 19.7. The molecule has 0 aliphatic heterocycles. The van der Waals surface area contributed by atoms with Gasteiger partial charge in [0.2, 0.25) is 0 Å². The Morgan fingerprint density at radius 1 is 1.00 bits per heavy atom. The summed E-state index contributed by atoms with van der Waals surface area (Å²) < 4.78 is 3.80. The van der Waals surface area contributed by atoms with Gasteiger partial charge in [0, 0.05) is 11.3 Å². The number of para-hydroxylation sites is 3. The Kier molecular flexibility index (Phi) is 2.75. The van der Waals surface area contributed by atoms with E-state index in [-0.39, 0.29) is 0 Å². The van der Waals surface area contributed by atoms with Gasteiger partial charge in [-0.05, 0) is 31.0 Å². The largest absolute Gasteiger partial charge is 0.291 e. The third kappa shape index (κ3) is 1.97. The number of aromatic nitrogens is 5. The average Bonchev–Trinajstić information content (AvgIpc) is 3.32. The molecule has 3 heterocycles. The lowest BCUT2D eigenvalue weighted by atomic mass is 10.1. The summed E-state index contributed by atoms with van der Waals surface area (Å²) in [5.41, 5.74) is 5.76. The SMILES string of the molecule is N#Cc1c(-n2cc(C3CC3)nn2)c2ccccc2n2c1nc1ccccc12. The van der Waals surface area contributed by atoms with Crippen LogP contribution in [-0.4, -0.2) is 24.4 Å². The van der Waals surface area contributed by atoms with Gasteiger partial charge in [-0.2, -0.15) is 5.26 Å². The number of nitrogens with zero attached hydrogens (tertiary/aromatic N) is 6. The molecule has 0 atom stereocenters. The van der Waals surface area contributed by atoms with Crippen molar-refractivity contribution in [3.05, 3.63) is 66.0 Å². The molecule has 0 amide bonds. The van der Waals surface area contributed by atoms with Crippen LogP contribution in [0, 0.1) is 11.3 Å². The molecule has 6 heteroatoms. The van der Waals surface area contributed by atoms with E-state index >= 15 is 0 Å². The Hall–Kier alpha value is -3.72. The van der Waals surface area contributed by atoms with Crippen molar-refractivity contribution in [2.45, 2.75) is 18.8 Å². The van der Waals surface area contributed by atoms with Crippen molar-refractivity contribution >= 4 is 27.6 Å². The summed E-state index contributed by atoms with van der Waals surface area (Å²) in [4.78, 5) is 4.76. The predicted molar refractivity (Wildman–Crippen MR) is 102 cm³/mol. The molecule has 0 saturated heterocycles. The zero-order valence-corrected chi connectivity index (χ0v) is 14.4. The highest BCUT2D eigenvalue weighted by molar-refractivity contribution is 5.98. The molecule has 0 radical (unpaired) electrons. The molecule has 1 aliphatic rings. The summed E-state index contributed by atoms with van der Waals surface area (Å²) in [7, 11) is 0. The summed E-state index contributed by atoms with van der Waals surface area (Å²) in [5.74, 6) is 0.508. The fraction of sp³-hybridized carbons (Fsp3) is 0.143. The number of nitriles is 1. The molecule has 0 spiro atoms. The Morgan fingerprint density at radius 3 is 2.59 bits per heavy atom. The second-order valence-electron chi connectivity index (χ2n) is 6.97. The number of hydrogen-bond donors (Lipinski definition) is 0. The molecule has 1 saturated carbocycles. The molecule has 1 aliphatic carbocycles. The Bertz CT molecular complexity index is 1400. The third-order valence-electron chi connectivity index (χ3n) is 5.27. The van der Waals surface area contributed by atoms with Crippen LogP contribution in [0.25, 0.3) is 33.3 Å². The maximum atomic E-state index is 10.0. The molecular formula is C21H14N6. The predicted octanol–water partition coefficient (Wildman–Crippen LogP) is 3.97. The summed E-state index contributed by atoms with van der Waals surface area (Å²) >= 11 is 0. The topological polar surface area (TPSA) is 71.8 Å². The van der Waals surface area contributed by atoms with Crippen molar-refractivity contribution in [3.8, 4) is 11.8 Å². The number of benzene rings is 2. The second-order valence-corrected chi connectivity index (χ2v) is 6.97. The maximum absolute atomic E-state index is 10.0. The highest BCUT2D eigenvalue weighted by atomic mass is 15.4. The van der Waals surface area contributed by atoms with Gasteiger partial charge in [0.1, 0.15) is 11.6 Å². The molecule has 128 valence electrons. The fourth-order valence-electron chi connectivity index (χ4n) is 3.84. The van der Waals surface area contributed by atoms with Crippen molar-refractivity contribution in [2.24, 2.45) is 0 Å². The van der Waals surface area contributed by atoms with Gasteiger partial charge in [-0.15, -0.1) is 5.10 Å². The lowest BCUT2D eigenvalue weighted by molar-refractivity contribution is 0.799. The van der Waals surface area contributed by atoms with Gasteiger partial charge in [-0.25, -0.2) is 9.67 Å². The van der Waals surface area contributed by atoms with Gasteiger partial charge in [-0.1, -0.05) is 35.5 Å². The van der Waals surface area contributed by atoms with E-state index in [9.17, 15) is 5.26 Å². The van der Waals surface area contributed by atoms with E-state index < -0.39 is 0 Å². The molecule has 0 unspecified atom stereocenters. The van der Waals surface area contributed by atoms with Crippen LogP contribution in [0.2, 0.25) is 0 Å². The summed E-state index contributed by atoms with van der Waals surface area (Å²) in [6.07, 6.45) is 4.28. The van der Waals surface area contributed by atoms with Crippen LogP contribution in [0.5, 0.6) is 0 Å². The summed E-state index contributed by atoms with van der Waals surface area (Å²) in [6.45, 7) is 0. The number of rotatable bonds is 2. The van der Waals surface area contributed by atoms with Gasteiger partial charge in [0.05, 0.1) is 34.1 Å². The first kappa shape index (κ1) is 14.4. The highest BCUT2D eigenvalue weighted by Gasteiger charge is 2.28. The molecular weight excluding hydrogens is 336 g/mol. The number of pyridine rings is 1. The fourth-order valence-corrected chi connectivity index (χ4v) is 3.84. The van der Waals surface area contributed by atoms with Crippen molar-refractivity contribution in [2.75, 3.05) is 0 Å². The second kappa shape index (κ2) is 5.15. The normalized spacial score (nSPS) is 14.2. The molecule has 0 bridgehead atoms. The van der Waals surface area contributed by atoms with Gasteiger partial charge in [0.15, 0.2) is 5.65 Å². The molecule has 3 aromatic heterocycles. The molecule has 6 nitrogen and oxygen atoms in total. The van der Waals surface area contributed by atoms with Crippen molar-refractivity contribution in [1.82, 2.24) is 24.4 Å². The first-order valence-electron chi connectivity index (χ1n) is 9.00. The van der Waals surface area contributed by atoms with Crippen LogP contribution >= 0.6 is 0 Å². The quantitative estimate of drug-likeness (QED) is 0.483. The molecule has 0 N–H and O–H groups in total.